The molecule has 0 saturated heterocycles. The number of rotatable bonds is 7. The van der Waals surface area contributed by atoms with E-state index in [1.807, 2.05) is 55.3 Å². The number of nitrogens with zero attached hydrogens (tertiary/aromatic N) is 3. The normalized spacial score (nSPS) is 13.5. The topological polar surface area (TPSA) is 38.1 Å². The van der Waals surface area contributed by atoms with E-state index in [2.05, 4.69) is 33.8 Å². The largest absolute Gasteiger partial charge is 0.316 e. The fraction of sp³-hybridized carbons (Fsp3) is 0.304. The molecule has 1 saturated carbocycles. The highest BCUT2D eigenvalue weighted by Crippen LogP contribution is 2.42. The summed E-state index contributed by atoms with van der Waals surface area (Å²) in [5, 5.41) is 0.940. The van der Waals surface area contributed by atoms with Crippen molar-refractivity contribution in [2.75, 3.05) is 17.2 Å². The molecule has 4 rings (SSSR count). The van der Waals surface area contributed by atoms with Crippen LogP contribution in [0, 0.1) is 6.92 Å². The van der Waals surface area contributed by atoms with E-state index in [-0.39, 0.29) is 5.91 Å². The van der Waals surface area contributed by atoms with Crippen molar-refractivity contribution in [3.05, 3.63) is 66.4 Å². The Hall–Kier alpha value is -2.53. The maximum absolute atomic E-state index is 12.9. The van der Waals surface area contributed by atoms with Gasteiger partial charge in [-0.1, -0.05) is 60.3 Å². The number of aromatic nitrogens is 2. The van der Waals surface area contributed by atoms with Crippen molar-refractivity contribution >= 4 is 23.4 Å². The van der Waals surface area contributed by atoms with Gasteiger partial charge in [0.15, 0.2) is 5.16 Å². The van der Waals surface area contributed by atoms with Gasteiger partial charge in [-0.2, -0.15) is 0 Å². The molecule has 1 amide bonds. The summed E-state index contributed by atoms with van der Waals surface area (Å²) in [6, 6.07) is 18.9. The Kier molecular flexibility index (Phi) is 5.53. The molecule has 0 atom stereocenters. The van der Waals surface area contributed by atoms with Crippen LogP contribution in [0.1, 0.15) is 31.4 Å². The number of thioether (sulfide) groups is 1. The maximum Gasteiger partial charge on any atom is 0.237 e. The lowest BCUT2D eigenvalue weighted by Gasteiger charge is -2.22. The first-order chi connectivity index (χ1) is 13.7. The molecule has 0 aliphatic heterocycles. The molecular formula is C23H25N3OS. The van der Waals surface area contributed by atoms with Crippen LogP contribution in [0.2, 0.25) is 0 Å². The number of carbonyl (C=O) groups is 1. The fourth-order valence-electron chi connectivity index (χ4n) is 3.51. The molecule has 4 nitrogen and oxygen atoms in total. The third-order valence-electron chi connectivity index (χ3n) is 5.09. The first kappa shape index (κ1) is 18.8. The summed E-state index contributed by atoms with van der Waals surface area (Å²) in [5.41, 5.74) is 4.43. The zero-order valence-electron chi connectivity index (χ0n) is 16.3. The Morgan fingerprint density at radius 3 is 2.54 bits per heavy atom. The van der Waals surface area contributed by atoms with Gasteiger partial charge < -0.3 is 9.47 Å². The molecular weight excluding hydrogens is 366 g/mol. The molecule has 1 heterocycles. The van der Waals surface area contributed by atoms with E-state index in [0.717, 1.165) is 22.1 Å². The van der Waals surface area contributed by atoms with E-state index >= 15 is 0 Å². The smallest absolute Gasteiger partial charge is 0.237 e. The minimum Gasteiger partial charge on any atom is -0.316 e. The lowest BCUT2D eigenvalue weighted by atomic mass is 10.2. The highest BCUT2D eigenvalue weighted by atomic mass is 32.2. The van der Waals surface area contributed by atoms with Crippen LogP contribution >= 0.6 is 11.8 Å². The number of benzene rings is 2. The summed E-state index contributed by atoms with van der Waals surface area (Å²) >= 11 is 1.54. The van der Waals surface area contributed by atoms with Crippen molar-refractivity contribution in [1.29, 1.82) is 0 Å². The minimum atomic E-state index is 0.119. The highest BCUT2D eigenvalue weighted by molar-refractivity contribution is 7.99. The number of carbonyl (C=O) groups excluding carboxylic acids is 1. The lowest BCUT2D eigenvalue weighted by Crippen LogP contribution is -2.32. The third kappa shape index (κ3) is 3.85. The van der Waals surface area contributed by atoms with Gasteiger partial charge in [-0.15, -0.1) is 0 Å². The van der Waals surface area contributed by atoms with Gasteiger partial charge in [0.1, 0.15) is 0 Å². The summed E-state index contributed by atoms with van der Waals surface area (Å²) in [6.07, 6.45) is 4.31. The molecule has 0 radical (unpaired) electrons. The molecule has 2 aromatic carbocycles. The number of amides is 1. The molecule has 1 aromatic heterocycles. The van der Waals surface area contributed by atoms with Crippen LogP contribution in [0.4, 0.5) is 5.69 Å². The van der Waals surface area contributed by atoms with Gasteiger partial charge in [-0.05, 0) is 43.9 Å². The summed E-state index contributed by atoms with van der Waals surface area (Å²) in [5.74, 6) is 0.508. The van der Waals surface area contributed by atoms with E-state index < -0.39 is 0 Å². The van der Waals surface area contributed by atoms with Gasteiger partial charge in [-0.25, -0.2) is 4.98 Å². The minimum absolute atomic E-state index is 0.119. The molecule has 1 fully saturated rings. The molecule has 1 aliphatic carbocycles. The van der Waals surface area contributed by atoms with Gasteiger partial charge in [0.05, 0.1) is 17.6 Å². The zero-order valence-corrected chi connectivity index (χ0v) is 17.2. The Morgan fingerprint density at radius 1 is 1.14 bits per heavy atom. The highest BCUT2D eigenvalue weighted by Gasteiger charge is 2.29. The average Bonchev–Trinajstić information content (AvgIpc) is 3.48. The van der Waals surface area contributed by atoms with Crippen LogP contribution in [0.5, 0.6) is 0 Å². The molecule has 0 bridgehead atoms. The number of hydrogen-bond donors (Lipinski definition) is 0. The Balaban J connectivity index is 1.53. The summed E-state index contributed by atoms with van der Waals surface area (Å²) in [4.78, 5) is 19.5. The van der Waals surface area contributed by atoms with E-state index in [9.17, 15) is 4.79 Å². The van der Waals surface area contributed by atoms with Gasteiger partial charge in [-0.3, -0.25) is 4.79 Å². The van der Waals surface area contributed by atoms with Crippen molar-refractivity contribution in [1.82, 2.24) is 9.55 Å². The Labute approximate surface area is 170 Å². The van der Waals surface area contributed by atoms with Crippen LogP contribution < -0.4 is 4.90 Å². The number of aryl methyl sites for hydroxylation is 1. The van der Waals surface area contributed by atoms with Gasteiger partial charge in [0.2, 0.25) is 5.91 Å². The van der Waals surface area contributed by atoms with Crippen LogP contribution in [-0.4, -0.2) is 27.8 Å². The number of para-hydroxylation sites is 1. The monoisotopic (exact) mass is 391 g/mol. The predicted molar refractivity (Wildman–Crippen MR) is 116 cm³/mol. The molecule has 1 aliphatic rings. The molecule has 0 N–H and O–H groups in total. The fourth-order valence-corrected chi connectivity index (χ4v) is 4.43. The van der Waals surface area contributed by atoms with Crippen LogP contribution in [0.15, 0.2) is 66.0 Å². The Morgan fingerprint density at radius 2 is 1.86 bits per heavy atom. The summed E-state index contributed by atoms with van der Waals surface area (Å²) < 4.78 is 2.32. The van der Waals surface area contributed by atoms with Gasteiger partial charge in [0.25, 0.3) is 0 Å². The molecule has 5 heteroatoms. The second kappa shape index (κ2) is 8.23. The molecule has 0 unspecified atom stereocenters. The van der Waals surface area contributed by atoms with E-state index in [1.165, 1.54) is 18.4 Å². The quantitative estimate of drug-likeness (QED) is 0.510. The second-order valence-corrected chi connectivity index (χ2v) is 8.05. The Bertz CT molecular complexity index is 963. The maximum atomic E-state index is 12.9. The van der Waals surface area contributed by atoms with Crippen molar-refractivity contribution in [3.8, 4) is 11.3 Å². The molecule has 28 heavy (non-hydrogen) atoms. The van der Waals surface area contributed by atoms with Crippen molar-refractivity contribution < 1.29 is 4.79 Å². The molecule has 0 spiro atoms. The number of anilines is 1. The lowest BCUT2D eigenvalue weighted by molar-refractivity contribution is -0.116. The van der Waals surface area contributed by atoms with Crippen molar-refractivity contribution in [2.24, 2.45) is 0 Å². The molecule has 3 aromatic rings. The third-order valence-corrected chi connectivity index (χ3v) is 6.04. The molecule has 144 valence electrons. The van der Waals surface area contributed by atoms with E-state index in [1.54, 1.807) is 11.8 Å². The van der Waals surface area contributed by atoms with E-state index in [4.69, 9.17) is 0 Å². The predicted octanol–water partition coefficient (Wildman–Crippen LogP) is 5.34. The van der Waals surface area contributed by atoms with Crippen molar-refractivity contribution in [3.63, 3.8) is 0 Å². The summed E-state index contributed by atoms with van der Waals surface area (Å²) in [6.45, 7) is 4.73. The first-order valence-corrected chi connectivity index (χ1v) is 10.8. The van der Waals surface area contributed by atoms with Crippen LogP contribution in [0.3, 0.4) is 0 Å². The standard InChI is InChI=1S/C23H25N3OS/c1-3-25(20-12-8-7-9-17(20)2)22(27)16-28-23-24-15-21(26(23)19-13-14-19)18-10-5-4-6-11-18/h4-12,15,19H,3,13-14,16H2,1-2H3. The van der Waals surface area contributed by atoms with Gasteiger partial charge in [0, 0.05) is 18.3 Å². The van der Waals surface area contributed by atoms with Crippen LogP contribution in [0.25, 0.3) is 11.3 Å². The van der Waals surface area contributed by atoms with Crippen LogP contribution in [-0.2, 0) is 4.79 Å². The second-order valence-electron chi connectivity index (χ2n) is 7.11. The zero-order chi connectivity index (χ0) is 19.5. The summed E-state index contributed by atoms with van der Waals surface area (Å²) in [7, 11) is 0. The van der Waals surface area contributed by atoms with Crippen molar-refractivity contribution in [2.45, 2.75) is 37.9 Å². The SMILES string of the molecule is CCN(C(=O)CSc1ncc(-c2ccccc2)n1C1CC1)c1ccccc1C. The average molecular weight is 392 g/mol. The van der Waals surface area contributed by atoms with Gasteiger partial charge >= 0.3 is 0 Å². The first-order valence-electron chi connectivity index (χ1n) is 9.80. The number of hydrogen-bond acceptors (Lipinski definition) is 3. The number of imidazole rings is 1. The van der Waals surface area contributed by atoms with E-state index in [0.29, 0.717) is 18.3 Å².